The fourth-order valence-electron chi connectivity index (χ4n) is 4.11. The molecule has 5 heteroatoms. The number of nitrogens with zero attached hydrogens (tertiary/aromatic N) is 3. The van der Waals surface area contributed by atoms with Crippen LogP contribution in [-0.2, 0) is 6.42 Å². The molecule has 3 rings (SSSR count). The number of aryl methyl sites for hydroxylation is 2. The largest absolute Gasteiger partial charge is 0.329 e. The number of hydrogen-bond acceptors (Lipinski definition) is 3. The van der Waals surface area contributed by atoms with Gasteiger partial charge in [0.1, 0.15) is 5.84 Å². The third-order valence-electron chi connectivity index (χ3n) is 6.34. The fourth-order valence-corrected chi connectivity index (χ4v) is 4.76. The van der Waals surface area contributed by atoms with E-state index in [0.717, 1.165) is 53.0 Å². The van der Waals surface area contributed by atoms with Crippen molar-refractivity contribution in [3.63, 3.8) is 0 Å². The zero-order valence-electron chi connectivity index (χ0n) is 19.5. The number of allylic oxidation sites excluding steroid dienone is 3. The summed E-state index contributed by atoms with van der Waals surface area (Å²) in [6.45, 7) is 14.3. The van der Waals surface area contributed by atoms with Gasteiger partial charge in [-0.25, -0.2) is 0 Å². The summed E-state index contributed by atoms with van der Waals surface area (Å²) in [6.07, 6.45) is 7.14. The standard InChI is InChI=1S/C26H33Cl2N3/c1-7-16(4)22(25-15-31-14-19(8-2)11-24(28)26(31)30-25)13-29-18(6)21-12-20(9-3)17(5)10-23(21)27/h10-12,14,25H,7-9,13,15H2,1-6H3/b22-16+,29-18?. The minimum Gasteiger partial charge on any atom is -0.329 e. The minimum absolute atomic E-state index is 0.0702. The molecule has 0 fully saturated rings. The van der Waals surface area contributed by atoms with Gasteiger partial charge in [-0.15, -0.1) is 0 Å². The molecule has 0 N–H and O–H groups in total. The Labute approximate surface area is 197 Å². The maximum Gasteiger partial charge on any atom is 0.147 e. The molecule has 0 bridgehead atoms. The van der Waals surface area contributed by atoms with Crippen LogP contribution in [0.25, 0.3) is 0 Å². The van der Waals surface area contributed by atoms with Gasteiger partial charge in [0.2, 0.25) is 0 Å². The normalized spacial score (nSPS) is 19.6. The molecular formula is C26H33Cl2N3. The van der Waals surface area contributed by atoms with Crippen molar-refractivity contribution in [1.29, 1.82) is 0 Å². The van der Waals surface area contributed by atoms with Crippen LogP contribution < -0.4 is 0 Å². The molecule has 0 amide bonds. The van der Waals surface area contributed by atoms with Gasteiger partial charge in [0, 0.05) is 22.5 Å². The quantitative estimate of drug-likeness (QED) is 0.312. The zero-order valence-corrected chi connectivity index (χ0v) is 21.0. The van der Waals surface area contributed by atoms with E-state index in [-0.39, 0.29) is 6.04 Å². The molecule has 1 aromatic carbocycles. The SMILES string of the molecule is CCC1=CN2CC(/C(CN=C(C)c3cc(CC)c(C)cc3Cl)=C(\C)CC)N=C2C(Cl)=C1. The highest BCUT2D eigenvalue weighted by Crippen LogP contribution is 2.30. The summed E-state index contributed by atoms with van der Waals surface area (Å²) < 4.78 is 0. The molecule has 31 heavy (non-hydrogen) atoms. The van der Waals surface area contributed by atoms with Gasteiger partial charge in [-0.05, 0) is 80.5 Å². The molecule has 0 radical (unpaired) electrons. The average Bonchev–Trinajstić information content (AvgIpc) is 3.17. The van der Waals surface area contributed by atoms with Gasteiger partial charge in [0.15, 0.2) is 0 Å². The minimum atomic E-state index is 0.0702. The first-order valence-corrected chi connectivity index (χ1v) is 12.0. The lowest BCUT2D eigenvalue weighted by Gasteiger charge is -2.22. The van der Waals surface area contributed by atoms with E-state index in [1.807, 2.05) is 6.08 Å². The Hall–Kier alpha value is -1.84. The van der Waals surface area contributed by atoms with Crippen LogP contribution in [0.3, 0.4) is 0 Å². The van der Waals surface area contributed by atoms with Crippen molar-refractivity contribution >= 4 is 34.7 Å². The molecule has 2 aliphatic rings. The van der Waals surface area contributed by atoms with Crippen molar-refractivity contribution in [2.45, 2.75) is 66.8 Å². The van der Waals surface area contributed by atoms with Crippen molar-refractivity contribution in [1.82, 2.24) is 4.90 Å². The second-order valence-electron chi connectivity index (χ2n) is 8.34. The van der Waals surface area contributed by atoms with Gasteiger partial charge in [-0.3, -0.25) is 9.98 Å². The lowest BCUT2D eigenvalue weighted by Crippen LogP contribution is -2.28. The Bertz CT molecular complexity index is 1010. The molecule has 1 aromatic rings. The van der Waals surface area contributed by atoms with Crippen molar-refractivity contribution in [2.24, 2.45) is 9.98 Å². The van der Waals surface area contributed by atoms with Crippen molar-refractivity contribution in [3.05, 3.63) is 67.9 Å². The molecule has 0 spiro atoms. The van der Waals surface area contributed by atoms with Crippen molar-refractivity contribution < 1.29 is 0 Å². The van der Waals surface area contributed by atoms with E-state index < -0.39 is 0 Å². The summed E-state index contributed by atoms with van der Waals surface area (Å²) in [7, 11) is 0. The van der Waals surface area contributed by atoms with Crippen LogP contribution in [0.15, 0.2) is 56.1 Å². The number of aliphatic imine (C=N–C) groups is 2. The summed E-state index contributed by atoms with van der Waals surface area (Å²) in [5.74, 6) is 0.875. The summed E-state index contributed by atoms with van der Waals surface area (Å²) in [5, 5.41) is 1.50. The highest BCUT2D eigenvalue weighted by molar-refractivity contribution is 6.43. The molecule has 2 heterocycles. The molecule has 0 saturated carbocycles. The van der Waals surface area contributed by atoms with E-state index in [2.05, 4.69) is 64.8 Å². The highest BCUT2D eigenvalue weighted by atomic mass is 35.5. The van der Waals surface area contributed by atoms with Crippen LogP contribution in [0, 0.1) is 6.92 Å². The number of hydrogen-bond donors (Lipinski definition) is 0. The van der Waals surface area contributed by atoms with E-state index in [4.69, 9.17) is 33.2 Å². The van der Waals surface area contributed by atoms with Crippen molar-refractivity contribution in [3.8, 4) is 0 Å². The number of halogens is 2. The molecule has 166 valence electrons. The van der Waals surface area contributed by atoms with Crippen LogP contribution in [0.4, 0.5) is 0 Å². The first kappa shape index (κ1) is 23.8. The predicted molar refractivity (Wildman–Crippen MR) is 136 cm³/mol. The third kappa shape index (κ3) is 5.15. The van der Waals surface area contributed by atoms with E-state index in [1.165, 1.54) is 27.8 Å². The van der Waals surface area contributed by atoms with Gasteiger partial charge in [0.25, 0.3) is 0 Å². The summed E-state index contributed by atoms with van der Waals surface area (Å²) in [4.78, 5) is 12.1. The monoisotopic (exact) mass is 457 g/mol. The molecule has 1 unspecified atom stereocenters. The molecule has 0 aromatic heterocycles. The van der Waals surface area contributed by atoms with E-state index in [1.54, 1.807) is 0 Å². The second-order valence-corrected chi connectivity index (χ2v) is 9.16. The van der Waals surface area contributed by atoms with Crippen LogP contribution in [0.2, 0.25) is 5.02 Å². The summed E-state index contributed by atoms with van der Waals surface area (Å²) >= 11 is 13.1. The maximum atomic E-state index is 6.56. The Kier molecular flexibility index (Phi) is 7.82. The number of rotatable bonds is 7. The Morgan fingerprint density at radius 2 is 1.90 bits per heavy atom. The van der Waals surface area contributed by atoms with Gasteiger partial charge in [-0.2, -0.15) is 0 Å². The van der Waals surface area contributed by atoms with Crippen LogP contribution in [0.1, 0.15) is 64.2 Å². The first-order valence-electron chi connectivity index (χ1n) is 11.2. The lowest BCUT2D eigenvalue weighted by molar-refractivity contribution is 0.555. The Balaban J connectivity index is 1.88. The Morgan fingerprint density at radius 1 is 1.16 bits per heavy atom. The summed E-state index contributed by atoms with van der Waals surface area (Å²) in [6, 6.07) is 4.31. The van der Waals surface area contributed by atoms with E-state index in [0.29, 0.717) is 6.54 Å². The van der Waals surface area contributed by atoms with Gasteiger partial charge in [-0.1, -0.05) is 49.5 Å². The molecule has 2 aliphatic heterocycles. The lowest BCUT2D eigenvalue weighted by atomic mass is 9.99. The van der Waals surface area contributed by atoms with Gasteiger partial charge < -0.3 is 4.90 Å². The number of benzene rings is 1. The third-order valence-corrected chi connectivity index (χ3v) is 6.93. The average molecular weight is 458 g/mol. The van der Waals surface area contributed by atoms with Gasteiger partial charge in [0.05, 0.1) is 24.2 Å². The number of amidine groups is 1. The smallest absolute Gasteiger partial charge is 0.147 e. The zero-order chi connectivity index (χ0) is 22.7. The van der Waals surface area contributed by atoms with Gasteiger partial charge >= 0.3 is 0 Å². The maximum absolute atomic E-state index is 6.56. The van der Waals surface area contributed by atoms with Crippen molar-refractivity contribution in [2.75, 3.05) is 13.1 Å². The molecule has 1 atom stereocenters. The Morgan fingerprint density at radius 3 is 2.55 bits per heavy atom. The molecule has 0 aliphatic carbocycles. The first-order chi connectivity index (χ1) is 14.8. The van der Waals surface area contributed by atoms with Crippen LogP contribution in [-0.4, -0.2) is 35.6 Å². The second kappa shape index (κ2) is 10.2. The topological polar surface area (TPSA) is 28.0 Å². The number of fused-ring (bicyclic) bond motifs is 1. The highest BCUT2D eigenvalue weighted by Gasteiger charge is 2.31. The van der Waals surface area contributed by atoms with Crippen LogP contribution in [0.5, 0.6) is 0 Å². The van der Waals surface area contributed by atoms with E-state index >= 15 is 0 Å². The molecular weight excluding hydrogens is 425 g/mol. The van der Waals surface area contributed by atoms with Crippen LogP contribution >= 0.6 is 23.2 Å². The predicted octanol–water partition coefficient (Wildman–Crippen LogP) is 7.26. The molecule has 0 saturated heterocycles. The fraction of sp³-hybridized carbons (Fsp3) is 0.462. The van der Waals surface area contributed by atoms with E-state index in [9.17, 15) is 0 Å². The summed E-state index contributed by atoms with van der Waals surface area (Å²) in [5.41, 5.74) is 8.39. The molecule has 3 nitrogen and oxygen atoms in total.